The van der Waals surface area contributed by atoms with Crippen molar-refractivity contribution in [1.29, 1.82) is 0 Å². The monoisotopic (exact) mass is 268 g/mol. The summed E-state index contributed by atoms with van der Waals surface area (Å²) in [5, 5.41) is 12.0. The molecule has 0 saturated heterocycles. The highest BCUT2D eigenvalue weighted by molar-refractivity contribution is 7.10. The Labute approximate surface area is 108 Å². The first-order valence-electron chi connectivity index (χ1n) is 5.15. The number of esters is 1. The molecule has 0 saturated carbocycles. The number of hydrogen-bond acceptors (Lipinski definition) is 6. The van der Waals surface area contributed by atoms with Crippen LogP contribution in [0.15, 0.2) is 28.0 Å². The number of aliphatic hydroxyl groups excluding tert-OH is 1. The molecule has 0 amide bonds. The lowest BCUT2D eigenvalue weighted by molar-refractivity contribution is 0.0558. The zero-order chi connectivity index (χ0) is 13.1. The molecule has 18 heavy (non-hydrogen) atoms. The average Bonchev–Trinajstić information content (AvgIpc) is 3.05. The summed E-state index contributed by atoms with van der Waals surface area (Å²) in [4.78, 5) is 11.9. The summed E-state index contributed by atoms with van der Waals surface area (Å²) >= 11 is 1.35. The smallest absolute Gasteiger partial charge is 0.373 e. The summed E-state index contributed by atoms with van der Waals surface area (Å²) in [6.45, 7) is 0. The molecule has 2 aromatic heterocycles. The van der Waals surface area contributed by atoms with Crippen molar-refractivity contribution >= 4 is 17.3 Å². The first-order chi connectivity index (χ1) is 8.67. The van der Waals surface area contributed by atoms with Crippen LogP contribution >= 0.6 is 11.3 Å². The van der Waals surface area contributed by atoms with Crippen molar-refractivity contribution < 1.29 is 23.8 Å². The van der Waals surface area contributed by atoms with Crippen molar-refractivity contribution in [3.05, 3.63) is 40.0 Å². The molecular formula is C12H12O5S. The Hall–Kier alpha value is -1.79. The molecule has 0 bridgehead atoms. The fourth-order valence-electron chi connectivity index (χ4n) is 1.52. The lowest BCUT2D eigenvalue weighted by Gasteiger charge is -2.07. The second-order valence-corrected chi connectivity index (χ2v) is 4.40. The molecule has 0 radical (unpaired) electrons. The maximum Gasteiger partial charge on any atom is 0.373 e. The molecule has 0 aromatic carbocycles. The number of ether oxygens (including phenoxy) is 2. The van der Waals surface area contributed by atoms with Gasteiger partial charge in [-0.3, -0.25) is 0 Å². The quantitative estimate of drug-likeness (QED) is 0.861. The first-order valence-corrected chi connectivity index (χ1v) is 6.02. The van der Waals surface area contributed by atoms with E-state index < -0.39 is 12.1 Å². The predicted molar refractivity (Wildman–Crippen MR) is 65.0 cm³/mol. The van der Waals surface area contributed by atoms with E-state index in [9.17, 15) is 9.90 Å². The molecule has 6 heteroatoms. The second kappa shape index (κ2) is 5.24. The molecule has 2 rings (SSSR count). The van der Waals surface area contributed by atoms with Crippen LogP contribution in [0.3, 0.4) is 0 Å². The number of rotatable bonds is 4. The topological polar surface area (TPSA) is 68.9 Å². The van der Waals surface area contributed by atoms with Gasteiger partial charge in [0.2, 0.25) is 5.76 Å². The third-order valence-corrected chi connectivity index (χ3v) is 3.36. The van der Waals surface area contributed by atoms with E-state index in [-0.39, 0.29) is 11.5 Å². The third-order valence-electron chi connectivity index (χ3n) is 2.41. The zero-order valence-corrected chi connectivity index (χ0v) is 10.7. The zero-order valence-electron chi connectivity index (χ0n) is 9.88. The maximum absolute atomic E-state index is 11.2. The van der Waals surface area contributed by atoms with Gasteiger partial charge in [0.1, 0.15) is 17.6 Å². The minimum atomic E-state index is -0.960. The summed E-state index contributed by atoms with van der Waals surface area (Å²) < 4.78 is 14.9. The van der Waals surface area contributed by atoms with Gasteiger partial charge in [-0.25, -0.2) is 4.79 Å². The Morgan fingerprint density at radius 2 is 2.17 bits per heavy atom. The van der Waals surface area contributed by atoms with Gasteiger partial charge in [-0.1, -0.05) is 0 Å². The van der Waals surface area contributed by atoms with Crippen LogP contribution in [0, 0.1) is 0 Å². The maximum atomic E-state index is 11.2. The minimum Gasteiger partial charge on any atom is -0.495 e. The lowest BCUT2D eigenvalue weighted by atomic mass is 10.2. The van der Waals surface area contributed by atoms with Gasteiger partial charge in [-0.15, -0.1) is 11.3 Å². The second-order valence-electron chi connectivity index (χ2n) is 3.45. The van der Waals surface area contributed by atoms with E-state index in [1.807, 2.05) is 5.38 Å². The fraction of sp³-hybridized carbons (Fsp3) is 0.250. The summed E-state index contributed by atoms with van der Waals surface area (Å²) in [5.74, 6) is 0.341. The summed E-state index contributed by atoms with van der Waals surface area (Å²) in [7, 11) is 2.80. The lowest BCUT2D eigenvalue weighted by Crippen LogP contribution is -2.00. The Bertz CT molecular complexity index is 542. The number of hydrogen-bond donors (Lipinski definition) is 1. The standard InChI is InChI=1S/C12H12O5S/c1-15-8-5-6-18-11(8)10(13)7-3-4-9(17-7)12(14)16-2/h3-6,10,13H,1-2H3. The summed E-state index contributed by atoms with van der Waals surface area (Å²) in [6.07, 6.45) is -0.960. The Balaban J connectivity index is 2.26. The molecule has 0 fully saturated rings. The Kier molecular flexibility index (Phi) is 3.69. The molecule has 1 unspecified atom stereocenters. The van der Waals surface area contributed by atoms with Crippen molar-refractivity contribution in [2.24, 2.45) is 0 Å². The highest BCUT2D eigenvalue weighted by Gasteiger charge is 2.22. The van der Waals surface area contributed by atoms with Crippen LogP contribution in [0.4, 0.5) is 0 Å². The van der Waals surface area contributed by atoms with E-state index >= 15 is 0 Å². The Morgan fingerprint density at radius 1 is 1.39 bits per heavy atom. The SMILES string of the molecule is COC(=O)c1ccc(C(O)c2sccc2OC)o1. The van der Waals surface area contributed by atoms with Gasteiger partial charge in [-0.05, 0) is 23.6 Å². The molecule has 5 nitrogen and oxygen atoms in total. The molecule has 2 aromatic rings. The van der Waals surface area contributed by atoms with Crippen LogP contribution in [0.2, 0.25) is 0 Å². The van der Waals surface area contributed by atoms with Crippen molar-refractivity contribution in [1.82, 2.24) is 0 Å². The van der Waals surface area contributed by atoms with Crippen LogP contribution < -0.4 is 4.74 Å². The van der Waals surface area contributed by atoms with Crippen molar-refractivity contribution in [2.45, 2.75) is 6.10 Å². The number of thiophene rings is 1. The van der Waals surface area contributed by atoms with E-state index in [4.69, 9.17) is 9.15 Å². The fourth-order valence-corrected chi connectivity index (χ4v) is 2.37. The highest BCUT2D eigenvalue weighted by Crippen LogP contribution is 2.35. The van der Waals surface area contributed by atoms with Gasteiger partial charge in [0, 0.05) is 0 Å². The van der Waals surface area contributed by atoms with E-state index in [0.717, 1.165) is 0 Å². The number of carbonyl (C=O) groups is 1. The van der Waals surface area contributed by atoms with E-state index in [1.54, 1.807) is 6.07 Å². The predicted octanol–water partition coefficient (Wildman–Crippen LogP) is 2.22. The molecular weight excluding hydrogens is 256 g/mol. The number of furan rings is 1. The van der Waals surface area contributed by atoms with Crippen LogP contribution in [0.25, 0.3) is 0 Å². The van der Waals surface area contributed by atoms with Crippen molar-refractivity contribution in [2.75, 3.05) is 14.2 Å². The molecule has 96 valence electrons. The van der Waals surface area contributed by atoms with E-state index in [2.05, 4.69) is 4.74 Å². The molecule has 0 aliphatic carbocycles. The summed E-state index contributed by atoms with van der Waals surface area (Å²) in [5.41, 5.74) is 0. The molecule has 1 N–H and O–H groups in total. The minimum absolute atomic E-state index is 0.0575. The van der Waals surface area contributed by atoms with Crippen LogP contribution in [-0.4, -0.2) is 25.3 Å². The van der Waals surface area contributed by atoms with Crippen LogP contribution in [0.5, 0.6) is 5.75 Å². The van der Waals surface area contributed by atoms with Gasteiger partial charge in [0.25, 0.3) is 0 Å². The number of carbonyl (C=O) groups excluding carboxylic acids is 1. The molecule has 0 spiro atoms. The van der Waals surface area contributed by atoms with Gasteiger partial charge in [0.05, 0.1) is 19.1 Å². The van der Waals surface area contributed by atoms with Gasteiger partial charge in [-0.2, -0.15) is 0 Å². The van der Waals surface area contributed by atoms with Gasteiger partial charge >= 0.3 is 5.97 Å². The van der Waals surface area contributed by atoms with Crippen LogP contribution in [-0.2, 0) is 4.74 Å². The Morgan fingerprint density at radius 3 is 2.83 bits per heavy atom. The molecule has 1 atom stereocenters. The number of aliphatic hydroxyl groups is 1. The first kappa shape index (κ1) is 12.7. The highest BCUT2D eigenvalue weighted by atomic mass is 32.1. The van der Waals surface area contributed by atoms with E-state index in [0.29, 0.717) is 10.6 Å². The van der Waals surface area contributed by atoms with E-state index in [1.165, 1.54) is 37.7 Å². The van der Waals surface area contributed by atoms with Gasteiger partial charge < -0.3 is 19.0 Å². The third kappa shape index (κ3) is 2.25. The number of methoxy groups -OCH3 is 2. The largest absolute Gasteiger partial charge is 0.495 e. The normalized spacial score (nSPS) is 12.2. The van der Waals surface area contributed by atoms with Crippen LogP contribution in [0.1, 0.15) is 27.3 Å². The van der Waals surface area contributed by atoms with Crippen molar-refractivity contribution in [3.63, 3.8) is 0 Å². The molecule has 0 aliphatic rings. The molecule has 0 aliphatic heterocycles. The average molecular weight is 268 g/mol. The summed E-state index contributed by atoms with van der Waals surface area (Å²) in [6, 6.07) is 4.76. The van der Waals surface area contributed by atoms with Crippen molar-refractivity contribution in [3.8, 4) is 5.75 Å². The molecule has 2 heterocycles. The van der Waals surface area contributed by atoms with Gasteiger partial charge in [0.15, 0.2) is 0 Å².